The van der Waals surface area contributed by atoms with E-state index in [4.69, 9.17) is 11.6 Å². The van der Waals surface area contributed by atoms with Gasteiger partial charge in [0.15, 0.2) is 0 Å². The molecule has 0 fully saturated rings. The molecule has 2 aromatic heterocycles. The Morgan fingerprint density at radius 3 is 2.95 bits per heavy atom. The summed E-state index contributed by atoms with van der Waals surface area (Å²) in [6.07, 6.45) is 5.35. The quantitative estimate of drug-likeness (QED) is 0.684. The van der Waals surface area contributed by atoms with Crippen molar-refractivity contribution in [1.29, 1.82) is 0 Å². The molecule has 2 heterocycles. The number of imidazole rings is 1. The Morgan fingerprint density at radius 1 is 1.26 bits per heavy atom. The third-order valence-electron chi connectivity index (χ3n) is 2.94. The fourth-order valence-corrected chi connectivity index (χ4v) is 2.28. The maximum absolute atomic E-state index is 10.7. The van der Waals surface area contributed by atoms with Crippen molar-refractivity contribution in [2.45, 2.75) is 6.42 Å². The molecule has 3 aromatic rings. The number of fused-ring (bicyclic) bond motifs is 1. The number of carbonyl (C=O) groups is 1. The fraction of sp³-hybridized carbons (Fsp3) is 0.0667. The molecule has 94 valence electrons. The Hall–Kier alpha value is -2.13. The van der Waals surface area contributed by atoms with Crippen molar-refractivity contribution in [2.75, 3.05) is 0 Å². The van der Waals surface area contributed by atoms with Gasteiger partial charge in [0.2, 0.25) is 0 Å². The molecule has 0 aliphatic carbocycles. The summed E-state index contributed by atoms with van der Waals surface area (Å²) in [7, 11) is 0. The van der Waals surface area contributed by atoms with Crippen molar-refractivity contribution < 1.29 is 4.79 Å². The summed E-state index contributed by atoms with van der Waals surface area (Å²) in [6, 6.07) is 11.3. The highest BCUT2D eigenvalue weighted by molar-refractivity contribution is 6.30. The van der Waals surface area contributed by atoms with E-state index >= 15 is 0 Å². The number of aldehydes is 1. The lowest BCUT2D eigenvalue weighted by Crippen LogP contribution is -1.87. The van der Waals surface area contributed by atoms with Crippen LogP contribution in [0.4, 0.5) is 0 Å². The zero-order valence-electron chi connectivity index (χ0n) is 10.1. The Morgan fingerprint density at radius 2 is 2.16 bits per heavy atom. The molecule has 3 nitrogen and oxygen atoms in total. The van der Waals surface area contributed by atoms with Crippen LogP contribution >= 0.6 is 11.6 Å². The van der Waals surface area contributed by atoms with Crippen LogP contribution in [-0.4, -0.2) is 15.7 Å². The third-order valence-corrected chi connectivity index (χ3v) is 3.18. The van der Waals surface area contributed by atoms with E-state index in [0.717, 1.165) is 34.6 Å². The lowest BCUT2D eigenvalue weighted by Gasteiger charge is -1.97. The molecule has 0 N–H and O–H groups in total. The lowest BCUT2D eigenvalue weighted by atomic mass is 10.1. The third kappa shape index (κ3) is 2.51. The first-order valence-corrected chi connectivity index (χ1v) is 6.30. The highest BCUT2D eigenvalue weighted by Gasteiger charge is 2.04. The van der Waals surface area contributed by atoms with Gasteiger partial charge in [-0.2, -0.15) is 0 Å². The van der Waals surface area contributed by atoms with Crippen molar-refractivity contribution in [3.8, 4) is 0 Å². The second kappa shape index (κ2) is 4.86. The number of pyridine rings is 1. The minimum atomic E-state index is 0.632. The topological polar surface area (TPSA) is 34.4 Å². The van der Waals surface area contributed by atoms with E-state index < -0.39 is 0 Å². The van der Waals surface area contributed by atoms with Crippen LogP contribution in [0.15, 0.2) is 48.8 Å². The predicted molar refractivity (Wildman–Crippen MR) is 74.8 cm³/mol. The molecule has 0 spiro atoms. The highest BCUT2D eigenvalue weighted by Crippen LogP contribution is 2.15. The average Bonchev–Trinajstić information content (AvgIpc) is 2.79. The predicted octanol–water partition coefficient (Wildman–Crippen LogP) is 3.39. The number of aromatic nitrogens is 2. The normalized spacial score (nSPS) is 10.8. The Bertz CT molecular complexity index is 749. The van der Waals surface area contributed by atoms with Crippen LogP contribution in [0.5, 0.6) is 0 Å². The molecule has 1 aromatic carbocycles. The van der Waals surface area contributed by atoms with E-state index in [1.807, 2.05) is 41.1 Å². The van der Waals surface area contributed by atoms with E-state index in [-0.39, 0.29) is 0 Å². The highest BCUT2D eigenvalue weighted by atomic mass is 35.5. The monoisotopic (exact) mass is 270 g/mol. The van der Waals surface area contributed by atoms with Gasteiger partial charge in [-0.1, -0.05) is 23.7 Å². The molecule has 4 heteroatoms. The molecule has 0 saturated carbocycles. The van der Waals surface area contributed by atoms with Crippen molar-refractivity contribution in [1.82, 2.24) is 9.38 Å². The first kappa shape index (κ1) is 11.9. The second-order valence-corrected chi connectivity index (χ2v) is 4.82. The van der Waals surface area contributed by atoms with Gasteiger partial charge in [0.25, 0.3) is 0 Å². The van der Waals surface area contributed by atoms with Gasteiger partial charge >= 0.3 is 0 Å². The van der Waals surface area contributed by atoms with E-state index in [1.165, 1.54) is 0 Å². The van der Waals surface area contributed by atoms with Crippen LogP contribution in [0.2, 0.25) is 5.02 Å². The smallest absolute Gasteiger partial charge is 0.150 e. The zero-order chi connectivity index (χ0) is 13.2. The number of carbonyl (C=O) groups excluding carboxylic acids is 1. The number of benzene rings is 1. The molecule has 0 aliphatic heterocycles. The molecule has 0 unspecified atom stereocenters. The molecule has 0 aliphatic rings. The zero-order valence-corrected chi connectivity index (χ0v) is 10.8. The molecule has 3 rings (SSSR count). The molecular formula is C15H11ClN2O. The minimum Gasteiger partial charge on any atom is -0.307 e. The van der Waals surface area contributed by atoms with Crippen LogP contribution < -0.4 is 0 Å². The van der Waals surface area contributed by atoms with E-state index in [1.54, 1.807) is 12.1 Å². The van der Waals surface area contributed by atoms with Crippen LogP contribution in [-0.2, 0) is 6.42 Å². The van der Waals surface area contributed by atoms with Gasteiger partial charge in [0.1, 0.15) is 11.9 Å². The van der Waals surface area contributed by atoms with Gasteiger partial charge in [0.05, 0.1) is 5.69 Å². The molecule has 0 bridgehead atoms. The lowest BCUT2D eigenvalue weighted by molar-refractivity contribution is 0.112. The molecule has 19 heavy (non-hydrogen) atoms. The summed E-state index contributed by atoms with van der Waals surface area (Å²) in [4.78, 5) is 15.2. The number of rotatable bonds is 3. The van der Waals surface area contributed by atoms with Crippen LogP contribution in [0.25, 0.3) is 5.65 Å². The van der Waals surface area contributed by atoms with Crippen LogP contribution in [0, 0.1) is 0 Å². The number of nitrogens with zero attached hydrogens (tertiary/aromatic N) is 2. The summed E-state index contributed by atoms with van der Waals surface area (Å²) < 4.78 is 1.91. The molecule has 0 radical (unpaired) electrons. The maximum atomic E-state index is 10.7. The van der Waals surface area contributed by atoms with Crippen molar-refractivity contribution in [2.24, 2.45) is 0 Å². The van der Waals surface area contributed by atoms with Gasteiger partial charge in [-0.05, 0) is 29.8 Å². The largest absolute Gasteiger partial charge is 0.307 e. The van der Waals surface area contributed by atoms with Gasteiger partial charge in [-0.3, -0.25) is 4.79 Å². The van der Waals surface area contributed by atoms with Crippen LogP contribution in [0.3, 0.4) is 0 Å². The minimum absolute atomic E-state index is 0.632. The Labute approximate surface area is 115 Å². The molecule has 0 atom stereocenters. The number of hydrogen-bond donors (Lipinski definition) is 0. The molecule has 0 amide bonds. The summed E-state index contributed by atoms with van der Waals surface area (Å²) in [6.45, 7) is 0. The number of hydrogen-bond acceptors (Lipinski definition) is 2. The number of halogens is 1. The van der Waals surface area contributed by atoms with Gasteiger partial charge in [0, 0.05) is 29.4 Å². The first-order chi connectivity index (χ1) is 9.24. The van der Waals surface area contributed by atoms with Gasteiger partial charge in [-0.25, -0.2) is 4.98 Å². The Kier molecular flexibility index (Phi) is 3.05. The summed E-state index contributed by atoms with van der Waals surface area (Å²) in [5.41, 5.74) is 3.48. The summed E-state index contributed by atoms with van der Waals surface area (Å²) in [5.74, 6) is 0. The van der Waals surface area contributed by atoms with Gasteiger partial charge in [-0.15, -0.1) is 0 Å². The molecule has 0 saturated heterocycles. The Balaban J connectivity index is 1.95. The second-order valence-electron chi connectivity index (χ2n) is 4.38. The van der Waals surface area contributed by atoms with Crippen molar-refractivity contribution in [3.05, 3.63) is 70.6 Å². The molecular weight excluding hydrogens is 260 g/mol. The average molecular weight is 271 g/mol. The van der Waals surface area contributed by atoms with E-state index in [2.05, 4.69) is 4.98 Å². The van der Waals surface area contributed by atoms with Gasteiger partial charge < -0.3 is 4.40 Å². The fourth-order valence-electron chi connectivity index (χ4n) is 2.06. The van der Waals surface area contributed by atoms with Crippen LogP contribution in [0.1, 0.15) is 21.6 Å². The van der Waals surface area contributed by atoms with Crippen molar-refractivity contribution in [3.63, 3.8) is 0 Å². The van der Waals surface area contributed by atoms with Crippen molar-refractivity contribution >= 4 is 23.5 Å². The SMILES string of the molecule is O=Cc1ccn2cc(Cc3cccc(Cl)c3)nc2c1. The van der Waals surface area contributed by atoms with E-state index in [9.17, 15) is 4.79 Å². The summed E-state index contributed by atoms with van der Waals surface area (Å²) >= 11 is 5.96. The first-order valence-electron chi connectivity index (χ1n) is 5.92. The summed E-state index contributed by atoms with van der Waals surface area (Å²) in [5, 5.41) is 0.726. The standard InChI is InChI=1S/C15H11ClN2O/c16-13-3-1-2-11(6-13)7-14-9-18-5-4-12(10-19)8-15(18)17-14/h1-6,8-10H,7H2. The maximum Gasteiger partial charge on any atom is 0.150 e. The van der Waals surface area contributed by atoms with E-state index in [0.29, 0.717) is 5.56 Å².